The van der Waals surface area contributed by atoms with Gasteiger partial charge < -0.3 is 10.2 Å². The van der Waals surface area contributed by atoms with Gasteiger partial charge in [-0.05, 0) is 37.7 Å². The predicted octanol–water partition coefficient (Wildman–Crippen LogP) is 3.47. The highest BCUT2D eigenvalue weighted by Gasteiger charge is 2.24. The van der Waals surface area contributed by atoms with Gasteiger partial charge in [0.05, 0.1) is 5.25 Å². The summed E-state index contributed by atoms with van der Waals surface area (Å²) >= 11 is 1.28. The average molecular weight is 312 g/mol. The number of aryl methyl sites for hydroxylation is 1. The molecule has 112 valence electrons. The molecule has 1 N–H and O–H groups in total. The first-order valence-corrected chi connectivity index (χ1v) is 7.92. The van der Waals surface area contributed by atoms with Gasteiger partial charge in [-0.3, -0.25) is 4.79 Å². The van der Waals surface area contributed by atoms with Crippen molar-refractivity contribution in [1.29, 1.82) is 0 Å². The number of aromatic nitrogens is 2. The molecule has 2 heterocycles. The van der Waals surface area contributed by atoms with Gasteiger partial charge in [0.2, 0.25) is 0 Å². The minimum absolute atomic E-state index is 0.0313. The Morgan fingerprint density at radius 1 is 1.23 bits per heavy atom. The third-order valence-corrected chi connectivity index (χ3v) is 4.72. The topological polar surface area (TPSA) is 59.8 Å². The lowest BCUT2D eigenvalue weighted by molar-refractivity contribution is -0.645. The molecule has 0 aliphatic heterocycles. The molecule has 0 amide bonds. The molecule has 4 nitrogen and oxygen atoms in total. The number of fused-ring (bicyclic) bond motifs is 1. The lowest BCUT2D eigenvalue weighted by Gasteiger charge is -2.10. The Balaban J connectivity index is 1.92. The molecule has 0 bridgehead atoms. The minimum atomic E-state index is -0.333. The molecule has 5 heteroatoms. The SMILES string of the molecule is Cc1[nH]c2ccccc2c1C(=O)[C@H](C)Sc1cccc[n+]1[O-]. The van der Waals surface area contributed by atoms with E-state index in [1.54, 1.807) is 18.2 Å². The normalized spacial score (nSPS) is 12.5. The lowest BCUT2D eigenvalue weighted by Crippen LogP contribution is -2.29. The van der Waals surface area contributed by atoms with E-state index in [2.05, 4.69) is 4.98 Å². The standard InChI is InChI=1S/C17H16N2O2S/c1-11-16(13-7-3-4-8-14(13)18-11)17(20)12(2)22-15-9-5-6-10-19(15)21/h3-10,12,18H,1-2H3/t12-/m0/s1. The summed E-state index contributed by atoms with van der Waals surface area (Å²) in [5.41, 5.74) is 2.53. The molecule has 0 fully saturated rings. The fourth-order valence-electron chi connectivity index (χ4n) is 2.54. The molecule has 0 aliphatic carbocycles. The van der Waals surface area contributed by atoms with E-state index in [4.69, 9.17) is 0 Å². The van der Waals surface area contributed by atoms with Crippen molar-refractivity contribution in [3.8, 4) is 0 Å². The van der Waals surface area contributed by atoms with Crippen molar-refractivity contribution in [2.45, 2.75) is 24.1 Å². The van der Waals surface area contributed by atoms with E-state index >= 15 is 0 Å². The first-order valence-electron chi connectivity index (χ1n) is 7.04. The third kappa shape index (κ3) is 2.60. The van der Waals surface area contributed by atoms with Crippen LogP contribution in [-0.4, -0.2) is 16.0 Å². The maximum Gasteiger partial charge on any atom is 0.252 e. The number of H-pyrrole nitrogens is 1. The van der Waals surface area contributed by atoms with Crippen LogP contribution < -0.4 is 4.73 Å². The summed E-state index contributed by atoms with van der Waals surface area (Å²) in [4.78, 5) is 16.0. The van der Waals surface area contributed by atoms with Crippen LogP contribution in [0.2, 0.25) is 0 Å². The number of benzene rings is 1. The second-order valence-electron chi connectivity index (χ2n) is 5.16. The van der Waals surface area contributed by atoms with Crippen LogP contribution in [0.3, 0.4) is 0 Å². The molecule has 3 aromatic rings. The van der Waals surface area contributed by atoms with Crippen molar-refractivity contribution < 1.29 is 9.52 Å². The minimum Gasteiger partial charge on any atom is -0.618 e. The lowest BCUT2D eigenvalue weighted by atomic mass is 10.1. The van der Waals surface area contributed by atoms with Crippen LogP contribution in [0.4, 0.5) is 0 Å². The van der Waals surface area contributed by atoms with Crippen LogP contribution >= 0.6 is 11.8 Å². The van der Waals surface area contributed by atoms with Gasteiger partial charge in [0.1, 0.15) is 0 Å². The van der Waals surface area contributed by atoms with Gasteiger partial charge in [-0.15, -0.1) is 0 Å². The molecule has 0 aliphatic rings. The summed E-state index contributed by atoms with van der Waals surface area (Å²) < 4.78 is 0.788. The number of para-hydroxylation sites is 1. The van der Waals surface area contributed by atoms with Crippen LogP contribution in [0.25, 0.3) is 10.9 Å². The first kappa shape index (κ1) is 14.7. The molecule has 0 saturated carbocycles. The molecular weight excluding hydrogens is 296 g/mol. The molecule has 1 aromatic carbocycles. The van der Waals surface area contributed by atoms with Crippen LogP contribution in [0.5, 0.6) is 0 Å². The molecule has 22 heavy (non-hydrogen) atoms. The Morgan fingerprint density at radius 2 is 1.95 bits per heavy atom. The number of aromatic amines is 1. The fraction of sp³-hybridized carbons (Fsp3) is 0.176. The van der Waals surface area contributed by atoms with Gasteiger partial charge in [-0.1, -0.05) is 18.2 Å². The average Bonchev–Trinajstić information content (AvgIpc) is 2.84. The molecule has 0 saturated heterocycles. The van der Waals surface area contributed by atoms with Gasteiger partial charge >= 0.3 is 0 Å². The summed E-state index contributed by atoms with van der Waals surface area (Å²) in [6.07, 6.45) is 1.44. The van der Waals surface area contributed by atoms with Crippen molar-refractivity contribution >= 4 is 28.4 Å². The van der Waals surface area contributed by atoms with Crippen molar-refractivity contribution in [2.75, 3.05) is 0 Å². The van der Waals surface area contributed by atoms with Gasteiger partial charge in [-0.2, -0.15) is 4.73 Å². The number of carbonyl (C=O) groups is 1. The number of carbonyl (C=O) groups excluding carboxylic acids is 1. The number of thioether (sulfide) groups is 1. The van der Waals surface area contributed by atoms with E-state index in [1.165, 1.54) is 18.0 Å². The number of Topliss-reactive ketones (excluding diaryl/α,β-unsaturated/α-hetero) is 1. The summed E-state index contributed by atoms with van der Waals surface area (Å²) in [6, 6.07) is 13.0. The van der Waals surface area contributed by atoms with E-state index in [9.17, 15) is 10.0 Å². The van der Waals surface area contributed by atoms with Crippen LogP contribution in [0, 0.1) is 12.1 Å². The molecule has 0 radical (unpaired) electrons. The number of nitrogens with one attached hydrogen (secondary N) is 1. The molecule has 0 spiro atoms. The number of hydrogen-bond donors (Lipinski definition) is 1. The molecular formula is C17H16N2O2S. The van der Waals surface area contributed by atoms with E-state index in [0.717, 1.165) is 21.3 Å². The quantitative estimate of drug-likeness (QED) is 0.347. The van der Waals surface area contributed by atoms with Crippen LogP contribution in [0.1, 0.15) is 23.0 Å². The predicted molar refractivity (Wildman–Crippen MR) is 88.1 cm³/mol. The van der Waals surface area contributed by atoms with Crippen LogP contribution in [0.15, 0.2) is 53.7 Å². The maximum absolute atomic E-state index is 12.8. The van der Waals surface area contributed by atoms with Crippen LogP contribution in [-0.2, 0) is 0 Å². The Hall–Kier alpha value is -2.27. The highest BCUT2D eigenvalue weighted by molar-refractivity contribution is 8.00. The highest BCUT2D eigenvalue weighted by Crippen LogP contribution is 2.28. The highest BCUT2D eigenvalue weighted by atomic mass is 32.2. The van der Waals surface area contributed by atoms with Crippen molar-refractivity contribution in [1.82, 2.24) is 4.98 Å². The molecule has 0 unspecified atom stereocenters. The summed E-state index contributed by atoms with van der Waals surface area (Å²) in [6.45, 7) is 3.74. The van der Waals surface area contributed by atoms with Crippen molar-refractivity contribution in [2.24, 2.45) is 0 Å². The Morgan fingerprint density at radius 3 is 2.73 bits per heavy atom. The van der Waals surface area contributed by atoms with E-state index in [0.29, 0.717) is 10.6 Å². The van der Waals surface area contributed by atoms with E-state index in [1.807, 2.05) is 38.1 Å². The monoisotopic (exact) mass is 312 g/mol. The number of ketones is 1. The van der Waals surface area contributed by atoms with E-state index in [-0.39, 0.29) is 11.0 Å². The van der Waals surface area contributed by atoms with Crippen molar-refractivity contribution in [3.05, 3.63) is 65.1 Å². The Bertz CT molecular complexity index is 842. The Labute approximate surface area is 132 Å². The number of pyridine rings is 1. The molecule has 1 atom stereocenters. The smallest absolute Gasteiger partial charge is 0.252 e. The van der Waals surface area contributed by atoms with E-state index < -0.39 is 0 Å². The Kier molecular flexibility index (Phi) is 3.90. The zero-order valence-electron chi connectivity index (χ0n) is 12.4. The van der Waals surface area contributed by atoms with Crippen molar-refractivity contribution in [3.63, 3.8) is 0 Å². The van der Waals surface area contributed by atoms with Gasteiger partial charge in [0.15, 0.2) is 12.0 Å². The summed E-state index contributed by atoms with van der Waals surface area (Å²) in [5, 5.41) is 12.8. The van der Waals surface area contributed by atoms with Gasteiger partial charge in [0, 0.05) is 34.3 Å². The molecule has 3 rings (SSSR count). The number of nitrogens with zero attached hydrogens (tertiary/aromatic N) is 1. The fourth-order valence-corrected chi connectivity index (χ4v) is 3.44. The zero-order chi connectivity index (χ0) is 15.7. The second-order valence-corrected chi connectivity index (χ2v) is 6.52. The number of rotatable bonds is 4. The zero-order valence-corrected chi connectivity index (χ0v) is 13.2. The number of hydrogen-bond acceptors (Lipinski definition) is 3. The van der Waals surface area contributed by atoms with Gasteiger partial charge in [-0.25, -0.2) is 0 Å². The summed E-state index contributed by atoms with van der Waals surface area (Å²) in [7, 11) is 0. The third-order valence-electron chi connectivity index (χ3n) is 3.60. The summed E-state index contributed by atoms with van der Waals surface area (Å²) in [5.74, 6) is 0.0313. The van der Waals surface area contributed by atoms with Gasteiger partial charge in [0.25, 0.3) is 5.03 Å². The largest absolute Gasteiger partial charge is 0.618 e. The first-order chi connectivity index (χ1) is 10.6. The second kappa shape index (κ2) is 5.85. The maximum atomic E-state index is 12.8. The molecule has 2 aromatic heterocycles.